The Balaban J connectivity index is 2.42. The molecule has 0 N–H and O–H groups in total. The Morgan fingerprint density at radius 1 is 1.14 bits per heavy atom. The first-order valence-corrected chi connectivity index (χ1v) is 8.97. The summed E-state index contributed by atoms with van der Waals surface area (Å²) in [7, 11) is -0.722. The summed E-state index contributed by atoms with van der Waals surface area (Å²) in [4.78, 5) is 12.3. The molecule has 0 amide bonds. The Bertz CT molecular complexity index is 505. The summed E-state index contributed by atoms with van der Waals surface area (Å²) in [5.41, 5.74) is -0.591. The van der Waals surface area contributed by atoms with Crippen LogP contribution in [0.15, 0.2) is 30.3 Å². The molecule has 0 aliphatic rings. The van der Waals surface area contributed by atoms with E-state index in [4.69, 9.17) is 13.8 Å². The molecule has 0 aliphatic heterocycles. The van der Waals surface area contributed by atoms with Crippen LogP contribution in [0, 0.1) is 5.41 Å². The first-order valence-electron chi connectivity index (χ1n) is 7.25. The first kappa shape index (κ1) is 18.9. The Morgan fingerprint density at radius 2 is 1.73 bits per heavy atom. The number of Topliss-reactive ketones (excluding diaryl/α,β-unsaturated/α-hetero) is 1. The van der Waals surface area contributed by atoms with Crippen LogP contribution in [0.25, 0.3) is 0 Å². The first-order chi connectivity index (χ1) is 10.3. The van der Waals surface area contributed by atoms with Gasteiger partial charge in [-0.2, -0.15) is 0 Å². The van der Waals surface area contributed by atoms with E-state index in [1.165, 1.54) is 14.2 Å². The Labute approximate surface area is 132 Å². The number of carbonyl (C=O) groups is 1. The van der Waals surface area contributed by atoms with Gasteiger partial charge < -0.3 is 13.8 Å². The van der Waals surface area contributed by atoms with E-state index in [0.717, 1.165) is 12.2 Å². The molecule has 0 saturated carbocycles. The van der Waals surface area contributed by atoms with Crippen molar-refractivity contribution in [3.63, 3.8) is 0 Å². The zero-order valence-corrected chi connectivity index (χ0v) is 14.6. The van der Waals surface area contributed by atoms with Gasteiger partial charge in [-0.1, -0.05) is 32.0 Å². The smallest absolute Gasteiger partial charge is 0.337 e. The second-order valence-corrected chi connectivity index (χ2v) is 7.97. The highest BCUT2D eigenvalue weighted by molar-refractivity contribution is 7.54. The number of hydrogen-bond acceptors (Lipinski definition) is 5. The van der Waals surface area contributed by atoms with Crippen LogP contribution in [0.1, 0.15) is 26.7 Å². The molecule has 22 heavy (non-hydrogen) atoms. The van der Waals surface area contributed by atoms with Crippen LogP contribution >= 0.6 is 7.60 Å². The average molecular weight is 328 g/mol. The lowest BCUT2D eigenvalue weighted by Gasteiger charge is -2.24. The third-order valence-corrected chi connectivity index (χ3v) is 5.39. The third kappa shape index (κ3) is 5.91. The van der Waals surface area contributed by atoms with Crippen molar-refractivity contribution in [3.05, 3.63) is 30.3 Å². The van der Waals surface area contributed by atoms with Gasteiger partial charge in [0.25, 0.3) is 0 Å². The van der Waals surface area contributed by atoms with E-state index in [9.17, 15) is 9.36 Å². The molecule has 0 radical (unpaired) electrons. The molecule has 124 valence electrons. The van der Waals surface area contributed by atoms with E-state index >= 15 is 0 Å². The molecule has 6 heteroatoms. The molecule has 0 fully saturated rings. The normalized spacial score (nSPS) is 12.2. The summed E-state index contributed by atoms with van der Waals surface area (Å²) in [6.07, 6.45) is 1.18. The van der Waals surface area contributed by atoms with E-state index < -0.39 is 13.0 Å². The summed E-state index contributed by atoms with van der Waals surface area (Å²) in [6, 6.07) is 9.54. The summed E-state index contributed by atoms with van der Waals surface area (Å²) < 4.78 is 27.3. The van der Waals surface area contributed by atoms with Crippen molar-refractivity contribution in [1.82, 2.24) is 0 Å². The fourth-order valence-electron chi connectivity index (χ4n) is 1.95. The molecule has 0 saturated heterocycles. The van der Waals surface area contributed by atoms with Gasteiger partial charge in [0.1, 0.15) is 11.9 Å². The van der Waals surface area contributed by atoms with Crippen LogP contribution in [0.4, 0.5) is 0 Å². The number of benzene rings is 1. The molecule has 0 aromatic heterocycles. The molecule has 1 aromatic carbocycles. The summed E-state index contributed by atoms with van der Waals surface area (Å²) >= 11 is 0. The van der Waals surface area contributed by atoms with Crippen LogP contribution in [0.3, 0.4) is 0 Å². The lowest BCUT2D eigenvalue weighted by Crippen LogP contribution is -2.28. The predicted molar refractivity (Wildman–Crippen MR) is 86.5 cm³/mol. The van der Waals surface area contributed by atoms with E-state index in [1.54, 1.807) is 0 Å². The largest absolute Gasteiger partial charge is 0.494 e. The van der Waals surface area contributed by atoms with Crippen molar-refractivity contribution >= 4 is 13.4 Å². The van der Waals surface area contributed by atoms with E-state index in [-0.39, 0.29) is 11.9 Å². The second kappa shape index (κ2) is 8.47. The van der Waals surface area contributed by atoms with Gasteiger partial charge in [0.15, 0.2) is 5.78 Å². The zero-order valence-electron chi connectivity index (χ0n) is 13.7. The Morgan fingerprint density at radius 3 is 2.27 bits per heavy atom. The predicted octanol–water partition coefficient (Wildman–Crippen LogP) is 3.93. The Hall–Kier alpha value is -1.16. The van der Waals surface area contributed by atoms with Crippen LogP contribution in [0.2, 0.25) is 0 Å². The van der Waals surface area contributed by atoms with Crippen LogP contribution in [0.5, 0.6) is 5.75 Å². The molecular weight excluding hydrogens is 303 g/mol. The molecule has 1 rings (SSSR count). The maximum absolute atomic E-state index is 12.3. The van der Waals surface area contributed by atoms with Crippen LogP contribution in [-0.2, 0) is 18.4 Å². The monoisotopic (exact) mass is 328 g/mol. The standard InChI is InChI=1S/C16H25O5P/c1-16(2,15(17)13-22(18,19-3)20-4)11-8-12-21-14-9-6-5-7-10-14/h5-7,9-10H,8,11-13H2,1-4H3. The molecule has 5 nitrogen and oxygen atoms in total. The maximum atomic E-state index is 12.3. The molecule has 0 bridgehead atoms. The van der Waals surface area contributed by atoms with Crippen LogP contribution < -0.4 is 4.74 Å². The van der Waals surface area contributed by atoms with Gasteiger partial charge in [0, 0.05) is 19.6 Å². The fourth-order valence-corrected chi connectivity index (χ4v) is 3.14. The molecule has 0 unspecified atom stereocenters. The Kier molecular flexibility index (Phi) is 7.27. The minimum absolute atomic E-state index is 0.126. The number of para-hydroxylation sites is 1. The van der Waals surface area contributed by atoms with Gasteiger partial charge in [-0.3, -0.25) is 9.36 Å². The summed E-state index contributed by atoms with van der Waals surface area (Å²) in [6.45, 7) is 4.22. The minimum Gasteiger partial charge on any atom is -0.494 e. The number of carbonyl (C=O) groups excluding carboxylic acids is 1. The highest BCUT2D eigenvalue weighted by atomic mass is 31.2. The van der Waals surface area contributed by atoms with Gasteiger partial charge in [0.05, 0.1) is 6.61 Å². The van der Waals surface area contributed by atoms with E-state index in [1.807, 2.05) is 44.2 Å². The number of rotatable bonds is 10. The van der Waals surface area contributed by atoms with Crippen molar-refractivity contribution in [2.24, 2.45) is 5.41 Å². The van der Waals surface area contributed by atoms with Gasteiger partial charge in [-0.25, -0.2) is 0 Å². The molecule has 0 atom stereocenters. The topological polar surface area (TPSA) is 61.8 Å². The lowest BCUT2D eigenvalue weighted by atomic mass is 9.84. The highest BCUT2D eigenvalue weighted by Crippen LogP contribution is 2.47. The summed E-state index contributed by atoms with van der Waals surface area (Å²) in [5, 5.41) is 0. The number of hydrogen-bond donors (Lipinski definition) is 0. The van der Waals surface area contributed by atoms with Gasteiger partial charge >= 0.3 is 7.60 Å². The van der Waals surface area contributed by atoms with Crippen molar-refractivity contribution < 1.29 is 23.1 Å². The van der Waals surface area contributed by atoms with E-state index in [2.05, 4.69) is 0 Å². The highest BCUT2D eigenvalue weighted by Gasteiger charge is 2.34. The number of ketones is 1. The number of ether oxygens (including phenoxy) is 1. The summed E-state index contributed by atoms with van der Waals surface area (Å²) in [5.74, 6) is 0.689. The van der Waals surface area contributed by atoms with Gasteiger partial charge in [-0.15, -0.1) is 0 Å². The lowest BCUT2D eigenvalue weighted by molar-refractivity contribution is -0.125. The average Bonchev–Trinajstić information content (AvgIpc) is 2.52. The van der Waals surface area contributed by atoms with Crippen molar-refractivity contribution in [2.45, 2.75) is 26.7 Å². The molecule has 0 heterocycles. The van der Waals surface area contributed by atoms with E-state index in [0.29, 0.717) is 13.0 Å². The molecule has 0 spiro atoms. The quantitative estimate of drug-likeness (QED) is 0.481. The molecule has 1 aromatic rings. The SMILES string of the molecule is COP(=O)(CC(=O)C(C)(C)CCCOc1ccccc1)OC. The molecular formula is C16H25O5P. The molecule has 0 aliphatic carbocycles. The third-order valence-electron chi connectivity index (χ3n) is 3.61. The minimum atomic E-state index is -3.30. The van der Waals surface area contributed by atoms with Gasteiger partial charge in [0.2, 0.25) is 0 Å². The second-order valence-electron chi connectivity index (χ2n) is 5.71. The van der Waals surface area contributed by atoms with Crippen molar-refractivity contribution in [1.29, 1.82) is 0 Å². The van der Waals surface area contributed by atoms with Crippen molar-refractivity contribution in [2.75, 3.05) is 27.0 Å². The zero-order chi connectivity index (χ0) is 16.6. The van der Waals surface area contributed by atoms with Crippen molar-refractivity contribution in [3.8, 4) is 5.75 Å². The maximum Gasteiger partial charge on any atom is 0.337 e. The fraction of sp³-hybridized carbons (Fsp3) is 0.562. The van der Waals surface area contributed by atoms with Crippen LogP contribution in [-0.4, -0.2) is 32.8 Å². The van der Waals surface area contributed by atoms with Gasteiger partial charge in [-0.05, 0) is 25.0 Å².